The molecule has 2 aromatic rings. The van der Waals surface area contributed by atoms with Crippen molar-refractivity contribution in [3.8, 4) is 0 Å². The first-order valence-corrected chi connectivity index (χ1v) is 8.17. The third-order valence-electron chi connectivity index (χ3n) is 5.18. The summed E-state index contributed by atoms with van der Waals surface area (Å²) < 4.78 is 0. The van der Waals surface area contributed by atoms with Crippen LogP contribution < -0.4 is 0 Å². The summed E-state index contributed by atoms with van der Waals surface area (Å²) >= 11 is 6.39. The molecule has 110 valence electrons. The lowest BCUT2D eigenvalue weighted by Crippen LogP contribution is -2.31. The van der Waals surface area contributed by atoms with Gasteiger partial charge < -0.3 is 9.88 Å². The number of H-pyrrole nitrogens is 1. The van der Waals surface area contributed by atoms with Gasteiger partial charge >= 0.3 is 0 Å². The number of aromatic nitrogens is 1. The average Bonchev–Trinajstić information content (AvgIpc) is 3.03. The first kappa shape index (κ1) is 13.2. The molecule has 4 heteroatoms. The number of halogens is 1. The van der Waals surface area contributed by atoms with Crippen molar-refractivity contribution < 1.29 is 4.79 Å². The summed E-state index contributed by atoms with van der Waals surface area (Å²) in [6, 6.07) is 7.80. The molecule has 0 radical (unpaired) electrons. The third-order valence-corrected chi connectivity index (χ3v) is 5.58. The predicted octanol–water partition coefficient (Wildman–Crippen LogP) is 4.08. The molecule has 3 nitrogen and oxygen atoms in total. The minimum Gasteiger partial charge on any atom is -0.349 e. The van der Waals surface area contributed by atoms with Crippen molar-refractivity contribution in [2.24, 2.45) is 11.8 Å². The summed E-state index contributed by atoms with van der Waals surface area (Å²) in [5.74, 6) is 1.60. The van der Waals surface area contributed by atoms with Crippen molar-refractivity contribution in [2.45, 2.75) is 25.7 Å². The van der Waals surface area contributed by atoms with Crippen LogP contribution >= 0.6 is 11.6 Å². The van der Waals surface area contributed by atoms with Gasteiger partial charge in [0, 0.05) is 24.0 Å². The number of para-hydroxylation sites is 1. The van der Waals surface area contributed by atoms with Crippen LogP contribution in [0.1, 0.15) is 36.2 Å². The predicted molar refractivity (Wildman–Crippen MR) is 84.7 cm³/mol. The molecule has 0 spiro atoms. The highest BCUT2D eigenvalue weighted by atomic mass is 35.5. The molecule has 1 amide bonds. The van der Waals surface area contributed by atoms with Crippen LogP contribution in [-0.4, -0.2) is 28.9 Å². The summed E-state index contributed by atoms with van der Waals surface area (Å²) in [4.78, 5) is 17.9. The fourth-order valence-corrected chi connectivity index (χ4v) is 3.97. The summed E-state index contributed by atoms with van der Waals surface area (Å²) in [6.07, 6.45) is 5.21. The molecule has 0 bridgehead atoms. The molecule has 1 aromatic carbocycles. The van der Waals surface area contributed by atoms with Gasteiger partial charge in [0.25, 0.3) is 5.91 Å². The Kier molecular flexibility index (Phi) is 3.18. The molecular weight excluding hydrogens is 284 g/mol. The Morgan fingerprint density at radius 1 is 1.19 bits per heavy atom. The fourth-order valence-electron chi connectivity index (χ4n) is 3.68. The van der Waals surface area contributed by atoms with Crippen LogP contribution in [-0.2, 0) is 0 Å². The Morgan fingerprint density at radius 3 is 2.71 bits per heavy atom. The van der Waals surface area contributed by atoms with Crippen molar-refractivity contribution >= 4 is 28.4 Å². The number of amides is 1. The van der Waals surface area contributed by atoms with Gasteiger partial charge in [0.15, 0.2) is 0 Å². The number of likely N-dealkylation sites (tertiary alicyclic amines) is 1. The molecule has 2 fully saturated rings. The minimum absolute atomic E-state index is 0.0537. The number of aromatic amines is 1. The Labute approximate surface area is 129 Å². The molecule has 1 unspecified atom stereocenters. The number of rotatable bonds is 2. The zero-order valence-corrected chi connectivity index (χ0v) is 12.7. The zero-order chi connectivity index (χ0) is 14.4. The first-order valence-electron chi connectivity index (χ1n) is 7.79. The summed E-state index contributed by atoms with van der Waals surface area (Å²) in [7, 11) is 0. The Balaban J connectivity index is 1.57. The van der Waals surface area contributed by atoms with E-state index in [4.69, 9.17) is 11.6 Å². The standard InChI is InChI=1S/C17H19ClN2O/c18-15-13-6-1-2-7-14(13)19-16(15)17(21)20-9-8-12(10-20)11-4-3-5-11/h1-2,6-7,11-12,19H,3-5,8-10H2. The molecule has 2 aliphatic rings. The summed E-state index contributed by atoms with van der Waals surface area (Å²) in [6.45, 7) is 1.76. The molecule has 1 N–H and O–H groups in total. The minimum atomic E-state index is 0.0537. The SMILES string of the molecule is O=C(c1[nH]c2ccccc2c1Cl)N1CCC(C2CCC2)C1. The lowest BCUT2D eigenvalue weighted by atomic mass is 9.75. The van der Waals surface area contributed by atoms with E-state index in [0.29, 0.717) is 16.6 Å². The summed E-state index contributed by atoms with van der Waals surface area (Å²) in [5, 5.41) is 1.49. The number of benzene rings is 1. The number of hydrogen-bond donors (Lipinski definition) is 1. The Morgan fingerprint density at radius 2 is 2.00 bits per heavy atom. The van der Waals surface area contributed by atoms with Crippen LogP contribution in [0.4, 0.5) is 0 Å². The van der Waals surface area contributed by atoms with E-state index < -0.39 is 0 Å². The monoisotopic (exact) mass is 302 g/mol. The second-order valence-corrected chi connectivity index (χ2v) is 6.73. The van der Waals surface area contributed by atoms with Gasteiger partial charge in [0.05, 0.1) is 5.02 Å². The number of nitrogens with one attached hydrogen (secondary N) is 1. The van der Waals surface area contributed by atoms with Gasteiger partial charge in [0.1, 0.15) is 5.69 Å². The van der Waals surface area contributed by atoms with E-state index >= 15 is 0 Å². The smallest absolute Gasteiger partial charge is 0.271 e. The van der Waals surface area contributed by atoms with Crippen molar-refractivity contribution in [3.63, 3.8) is 0 Å². The van der Waals surface area contributed by atoms with Crippen LogP contribution in [0, 0.1) is 11.8 Å². The second-order valence-electron chi connectivity index (χ2n) is 6.35. The van der Waals surface area contributed by atoms with E-state index in [9.17, 15) is 4.79 Å². The zero-order valence-electron chi connectivity index (χ0n) is 11.9. The number of nitrogens with zero attached hydrogens (tertiary/aromatic N) is 1. The van der Waals surface area contributed by atoms with Crippen LogP contribution in [0.15, 0.2) is 24.3 Å². The van der Waals surface area contributed by atoms with Gasteiger partial charge in [-0.1, -0.05) is 49.1 Å². The Bertz CT molecular complexity index is 689. The molecular formula is C17H19ClN2O. The second kappa shape index (κ2) is 5.06. The lowest BCUT2D eigenvalue weighted by molar-refractivity contribution is 0.0771. The van der Waals surface area contributed by atoms with Gasteiger partial charge in [-0.2, -0.15) is 0 Å². The maximum absolute atomic E-state index is 12.7. The molecule has 21 heavy (non-hydrogen) atoms. The normalized spacial score (nSPS) is 22.7. The average molecular weight is 303 g/mol. The number of carbonyl (C=O) groups excluding carboxylic acids is 1. The molecule has 1 aliphatic carbocycles. The number of hydrogen-bond acceptors (Lipinski definition) is 1. The Hall–Kier alpha value is -1.48. The number of carbonyl (C=O) groups is 1. The fraction of sp³-hybridized carbons (Fsp3) is 0.471. The molecule has 2 heterocycles. The molecule has 1 aromatic heterocycles. The number of fused-ring (bicyclic) bond motifs is 1. The third kappa shape index (κ3) is 2.15. The maximum atomic E-state index is 12.7. The van der Waals surface area contributed by atoms with E-state index in [0.717, 1.165) is 36.3 Å². The largest absolute Gasteiger partial charge is 0.349 e. The van der Waals surface area contributed by atoms with Gasteiger partial charge in [0.2, 0.25) is 0 Å². The topological polar surface area (TPSA) is 36.1 Å². The van der Waals surface area contributed by atoms with Crippen molar-refractivity contribution in [1.29, 1.82) is 0 Å². The highest BCUT2D eigenvalue weighted by molar-refractivity contribution is 6.38. The van der Waals surface area contributed by atoms with Crippen molar-refractivity contribution in [2.75, 3.05) is 13.1 Å². The van der Waals surface area contributed by atoms with Crippen LogP contribution in [0.2, 0.25) is 5.02 Å². The molecule has 1 atom stereocenters. The maximum Gasteiger partial charge on any atom is 0.271 e. The van der Waals surface area contributed by atoms with E-state index in [2.05, 4.69) is 4.98 Å². The summed E-state index contributed by atoms with van der Waals surface area (Å²) in [5.41, 5.74) is 1.48. The van der Waals surface area contributed by atoms with E-state index in [1.807, 2.05) is 29.2 Å². The molecule has 4 rings (SSSR count). The van der Waals surface area contributed by atoms with Gasteiger partial charge in [-0.3, -0.25) is 4.79 Å². The van der Waals surface area contributed by atoms with Crippen LogP contribution in [0.25, 0.3) is 10.9 Å². The molecule has 1 aliphatic heterocycles. The molecule has 1 saturated heterocycles. The van der Waals surface area contributed by atoms with E-state index in [-0.39, 0.29) is 5.91 Å². The molecule has 1 saturated carbocycles. The van der Waals surface area contributed by atoms with E-state index in [1.165, 1.54) is 19.3 Å². The van der Waals surface area contributed by atoms with Gasteiger partial charge in [-0.05, 0) is 24.3 Å². The van der Waals surface area contributed by atoms with Gasteiger partial charge in [-0.25, -0.2) is 0 Å². The first-order chi connectivity index (χ1) is 10.2. The lowest BCUT2D eigenvalue weighted by Gasteiger charge is -2.31. The highest BCUT2D eigenvalue weighted by Gasteiger charge is 2.35. The van der Waals surface area contributed by atoms with E-state index in [1.54, 1.807) is 0 Å². The van der Waals surface area contributed by atoms with Crippen LogP contribution in [0.5, 0.6) is 0 Å². The van der Waals surface area contributed by atoms with Crippen molar-refractivity contribution in [1.82, 2.24) is 9.88 Å². The van der Waals surface area contributed by atoms with Crippen LogP contribution in [0.3, 0.4) is 0 Å². The quantitative estimate of drug-likeness (QED) is 0.891. The highest BCUT2D eigenvalue weighted by Crippen LogP contribution is 2.38. The van der Waals surface area contributed by atoms with Crippen molar-refractivity contribution in [3.05, 3.63) is 35.0 Å². The van der Waals surface area contributed by atoms with Gasteiger partial charge in [-0.15, -0.1) is 0 Å².